The molecule has 0 unspecified atom stereocenters. The summed E-state index contributed by atoms with van der Waals surface area (Å²) in [4.78, 5) is 11.3. The van der Waals surface area contributed by atoms with Gasteiger partial charge >= 0.3 is 6.18 Å². The van der Waals surface area contributed by atoms with E-state index in [0.29, 0.717) is 11.3 Å². The molecule has 0 amide bonds. The zero-order chi connectivity index (χ0) is 14.1. The standard InChI is InChI=1S/C13H15F3O2/c1-7(2)9-6-10(12(17)13(14,15)16)8(3)5-11(9)18-4/h5-7H,1-4H3. The summed E-state index contributed by atoms with van der Waals surface area (Å²) >= 11 is 0. The van der Waals surface area contributed by atoms with Gasteiger partial charge in [0.05, 0.1) is 7.11 Å². The normalized spacial score (nSPS) is 11.8. The van der Waals surface area contributed by atoms with Gasteiger partial charge in [-0.3, -0.25) is 4.79 Å². The predicted molar refractivity (Wildman–Crippen MR) is 62.2 cm³/mol. The maximum Gasteiger partial charge on any atom is 0.454 e. The second kappa shape index (κ2) is 5.00. The van der Waals surface area contributed by atoms with E-state index in [1.165, 1.54) is 26.2 Å². The van der Waals surface area contributed by atoms with Crippen molar-refractivity contribution in [3.05, 3.63) is 28.8 Å². The molecular formula is C13H15F3O2. The molecule has 0 aliphatic rings. The summed E-state index contributed by atoms with van der Waals surface area (Å²) in [5, 5.41) is 0. The molecule has 18 heavy (non-hydrogen) atoms. The topological polar surface area (TPSA) is 26.3 Å². The fourth-order valence-electron chi connectivity index (χ4n) is 1.72. The first-order chi connectivity index (χ1) is 8.18. The van der Waals surface area contributed by atoms with Crippen molar-refractivity contribution in [2.45, 2.75) is 32.9 Å². The molecule has 0 N–H and O–H groups in total. The number of carbonyl (C=O) groups excluding carboxylic acids is 1. The fraction of sp³-hybridized carbons (Fsp3) is 0.462. The predicted octanol–water partition coefficient (Wildman–Crippen LogP) is 3.87. The van der Waals surface area contributed by atoms with Gasteiger partial charge < -0.3 is 4.74 Å². The van der Waals surface area contributed by atoms with Crippen molar-refractivity contribution >= 4 is 5.78 Å². The Hall–Kier alpha value is -1.52. The van der Waals surface area contributed by atoms with Crippen LogP contribution in [0.2, 0.25) is 0 Å². The number of benzene rings is 1. The Morgan fingerprint density at radius 1 is 1.28 bits per heavy atom. The molecular weight excluding hydrogens is 245 g/mol. The third-order valence-electron chi connectivity index (χ3n) is 2.70. The highest BCUT2D eigenvalue weighted by Gasteiger charge is 2.40. The number of halogens is 3. The van der Waals surface area contributed by atoms with Gasteiger partial charge in [-0.1, -0.05) is 13.8 Å². The van der Waals surface area contributed by atoms with Crippen LogP contribution in [0.3, 0.4) is 0 Å². The molecule has 2 nitrogen and oxygen atoms in total. The smallest absolute Gasteiger partial charge is 0.454 e. The Bertz CT molecular complexity index is 462. The number of hydrogen-bond donors (Lipinski definition) is 0. The molecule has 100 valence electrons. The zero-order valence-corrected chi connectivity index (χ0v) is 10.7. The van der Waals surface area contributed by atoms with Crippen LogP contribution in [0.1, 0.15) is 41.3 Å². The van der Waals surface area contributed by atoms with Crippen LogP contribution in [0.5, 0.6) is 5.75 Å². The number of ether oxygens (including phenoxy) is 1. The lowest BCUT2D eigenvalue weighted by Crippen LogP contribution is -2.24. The van der Waals surface area contributed by atoms with Gasteiger partial charge in [0.1, 0.15) is 5.75 Å². The van der Waals surface area contributed by atoms with Crippen molar-refractivity contribution in [2.24, 2.45) is 0 Å². The minimum atomic E-state index is -4.85. The van der Waals surface area contributed by atoms with Gasteiger partial charge in [-0.25, -0.2) is 0 Å². The molecule has 0 bridgehead atoms. The maximum atomic E-state index is 12.4. The number of carbonyl (C=O) groups is 1. The molecule has 0 saturated heterocycles. The van der Waals surface area contributed by atoms with E-state index in [0.717, 1.165) is 0 Å². The van der Waals surface area contributed by atoms with Gasteiger partial charge in [0, 0.05) is 5.56 Å². The molecule has 0 aliphatic heterocycles. The van der Waals surface area contributed by atoms with Gasteiger partial charge in [0.15, 0.2) is 0 Å². The van der Waals surface area contributed by atoms with Crippen LogP contribution in [0.25, 0.3) is 0 Å². The molecule has 0 saturated carbocycles. The van der Waals surface area contributed by atoms with Crippen molar-refractivity contribution in [2.75, 3.05) is 7.11 Å². The summed E-state index contributed by atoms with van der Waals surface area (Å²) in [5.74, 6) is -1.34. The molecule has 0 spiro atoms. The van der Waals surface area contributed by atoms with Crippen LogP contribution < -0.4 is 4.74 Å². The number of rotatable bonds is 3. The Morgan fingerprint density at radius 3 is 2.22 bits per heavy atom. The Kier molecular flexibility index (Phi) is 4.04. The van der Waals surface area contributed by atoms with E-state index < -0.39 is 12.0 Å². The molecule has 1 aromatic rings. The van der Waals surface area contributed by atoms with Gasteiger partial charge in [-0.05, 0) is 36.1 Å². The van der Waals surface area contributed by atoms with Crippen molar-refractivity contribution in [3.63, 3.8) is 0 Å². The number of hydrogen-bond acceptors (Lipinski definition) is 2. The molecule has 0 aliphatic carbocycles. The quantitative estimate of drug-likeness (QED) is 0.771. The van der Waals surface area contributed by atoms with Crippen LogP contribution in [-0.4, -0.2) is 19.1 Å². The summed E-state index contributed by atoms with van der Waals surface area (Å²) in [5.41, 5.74) is 0.543. The van der Waals surface area contributed by atoms with Crippen LogP contribution in [0.15, 0.2) is 12.1 Å². The van der Waals surface area contributed by atoms with Gasteiger partial charge in [-0.2, -0.15) is 13.2 Å². The van der Waals surface area contributed by atoms with Gasteiger partial charge in [0.2, 0.25) is 0 Å². The SMILES string of the molecule is COc1cc(C)c(C(=O)C(F)(F)F)cc1C(C)C. The van der Waals surface area contributed by atoms with E-state index in [1.54, 1.807) is 0 Å². The van der Waals surface area contributed by atoms with Crippen molar-refractivity contribution in [1.82, 2.24) is 0 Å². The first-order valence-electron chi connectivity index (χ1n) is 5.48. The van der Waals surface area contributed by atoms with Crippen LogP contribution in [0.4, 0.5) is 13.2 Å². The molecule has 0 atom stereocenters. The molecule has 0 radical (unpaired) electrons. The van der Waals surface area contributed by atoms with Crippen LogP contribution >= 0.6 is 0 Å². The van der Waals surface area contributed by atoms with Crippen molar-refractivity contribution < 1.29 is 22.7 Å². The average molecular weight is 260 g/mol. The van der Waals surface area contributed by atoms with E-state index >= 15 is 0 Å². The van der Waals surface area contributed by atoms with E-state index in [2.05, 4.69) is 0 Å². The molecule has 5 heteroatoms. The van der Waals surface area contributed by atoms with E-state index in [9.17, 15) is 18.0 Å². The second-order valence-corrected chi connectivity index (χ2v) is 4.39. The highest BCUT2D eigenvalue weighted by atomic mass is 19.4. The summed E-state index contributed by atoms with van der Waals surface area (Å²) in [7, 11) is 1.45. The Morgan fingerprint density at radius 2 is 1.83 bits per heavy atom. The number of ketones is 1. The molecule has 1 aromatic carbocycles. The number of aryl methyl sites for hydroxylation is 1. The van der Waals surface area contributed by atoms with E-state index in [1.807, 2.05) is 13.8 Å². The number of alkyl halides is 3. The molecule has 1 rings (SSSR count). The summed E-state index contributed by atoms with van der Waals surface area (Å²) in [6, 6.07) is 2.74. The van der Waals surface area contributed by atoms with Crippen molar-refractivity contribution in [1.29, 1.82) is 0 Å². The zero-order valence-electron chi connectivity index (χ0n) is 10.7. The second-order valence-electron chi connectivity index (χ2n) is 4.39. The van der Waals surface area contributed by atoms with Crippen molar-refractivity contribution in [3.8, 4) is 5.75 Å². The number of methoxy groups -OCH3 is 1. The summed E-state index contributed by atoms with van der Waals surface area (Å²) in [6.07, 6.45) is -4.85. The third-order valence-corrected chi connectivity index (χ3v) is 2.70. The summed E-state index contributed by atoms with van der Waals surface area (Å²) in [6.45, 7) is 5.12. The largest absolute Gasteiger partial charge is 0.496 e. The minimum absolute atomic E-state index is 0.0275. The molecule has 0 aromatic heterocycles. The van der Waals surface area contributed by atoms with Gasteiger partial charge in [-0.15, -0.1) is 0 Å². The third kappa shape index (κ3) is 2.83. The van der Waals surface area contributed by atoms with Crippen LogP contribution in [0, 0.1) is 6.92 Å². The van der Waals surface area contributed by atoms with E-state index in [-0.39, 0.29) is 17.0 Å². The highest BCUT2D eigenvalue weighted by molar-refractivity contribution is 6.01. The summed E-state index contributed by atoms with van der Waals surface area (Å²) < 4.78 is 42.5. The average Bonchev–Trinajstić information content (AvgIpc) is 2.25. The number of Topliss-reactive ketones (excluding diaryl/α,β-unsaturated/α-hetero) is 1. The minimum Gasteiger partial charge on any atom is -0.496 e. The lowest BCUT2D eigenvalue weighted by atomic mass is 9.94. The van der Waals surface area contributed by atoms with Crippen LogP contribution in [-0.2, 0) is 0 Å². The Balaban J connectivity index is 3.39. The van der Waals surface area contributed by atoms with Gasteiger partial charge in [0.25, 0.3) is 5.78 Å². The maximum absolute atomic E-state index is 12.4. The fourth-order valence-corrected chi connectivity index (χ4v) is 1.72. The Labute approximate surface area is 104 Å². The lowest BCUT2D eigenvalue weighted by Gasteiger charge is -2.16. The highest BCUT2D eigenvalue weighted by Crippen LogP contribution is 2.32. The first kappa shape index (κ1) is 14.5. The molecule has 0 heterocycles. The van der Waals surface area contributed by atoms with E-state index in [4.69, 9.17) is 4.74 Å². The molecule has 0 fully saturated rings. The lowest BCUT2D eigenvalue weighted by molar-refractivity contribution is -0.0885. The first-order valence-corrected chi connectivity index (χ1v) is 5.48. The monoisotopic (exact) mass is 260 g/mol.